The number of ether oxygens (including phenoxy) is 7. The SMILES string of the molecule is C=CCOC(=O)Nc1cc(OCCCCCOc2cc(NC(=O)O)c(C(=O)N3CC(=C)CC3COC(C)=O)cc2OC)c(OC)cc1C(=O)N1CC(=C)CC1COC(C)=O. The summed E-state index contributed by atoms with van der Waals surface area (Å²) < 4.78 is 38.5. The van der Waals surface area contributed by atoms with Crippen LogP contribution in [0.5, 0.6) is 23.0 Å². The van der Waals surface area contributed by atoms with Crippen LogP contribution in [-0.4, -0.2) is 123 Å². The fraction of sp³-hybridized carbons (Fsp3) is 0.429. The normalized spacial score (nSPS) is 15.8. The molecule has 0 spiro atoms. The molecular weight excluding hydrogens is 784 g/mol. The molecule has 2 aromatic rings. The van der Waals surface area contributed by atoms with Crippen molar-refractivity contribution in [1.82, 2.24) is 9.80 Å². The minimum Gasteiger partial charge on any atom is -0.493 e. The monoisotopic (exact) mass is 836 g/mol. The lowest BCUT2D eigenvalue weighted by atomic mass is 10.1. The van der Waals surface area contributed by atoms with Crippen molar-refractivity contribution in [2.75, 3.05) is 71.0 Å². The van der Waals surface area contributed by atoms with E-state index < -0.39 is 48.0 Å². The number of methoxy groups -OCH3 is 2. The average Bonchev–Trinajstić information content (AvgIpc) is 3.78. The number of hydrogen-bond acceptors (Lipinski definition) is 13. The first-order chi connectivity index (χ1) is 28.6. The van der Waals surface area contributed by atoms with Gasteiger partial charge in [0.15, 0.2) is 23.0 Å². The number of carboxylic acid groups (broad SMARTS) is 1. The summed E-state index contributed by atoms with van der Waals surface area (Å²) in [7, 11) is 2.81. The first-order valence-electron chi connectivity index (χ1n) is 19.1. The molecule has 18 heteroatoms. The molecule has 2 unspecified atom stereocenters. The number of hydrogen-bond donors (Lipinski definition) is 3. The standard InChI is InChI=1S/C42H52N4O14/c1-8-12-58-42(53)44-34-20-38(36(55-7)18-32(34)40(50)46-22-26(3)16-30(46)24-60-28(5)48)57-14-11-9-10-13-56-37-19-33(43-41(51)52)31(17-35(37)54-6)39(49)45-21-25(2)15-29(45)23-59-27(4)47/h8,17-20,29-30,43H,1-3,9-16,21-24H2,4-7H3,(H,44,53)(H,51,52). The van der Waals surface area contributed by atoms with E-state index in [9.17, 15) is 33.9 Å². The van der Waals surface area contributed by atoms with E-state index >= 15 is 0 Å². The van der Waals surface area contributed by atoms with Crippen molar-refractivity contribution in [3.63, 3.8) is 0 Å². The van der Waals surface area contributed by atoms with Crippen molar-refractivity contribution in [2.45, 2.75) is 58.0 Å². The summed E-state index contributed by atoms with van der Waals surface area (Å²) in [5.74, 6) is -1.04. The van der Waals surface area contributed by atoms with Crippen molar-refractivity contribution in [3.8, 4) is 23.0 Å². The van der Waals surface area contributed by atoms with Crippen molar-refractivity contribution in [2.24, 2.45) is 0 Å². The molecule has 0 bridgehead atoms. The van der Waals surface area contributed by atoms with Crippen molar-refractivity contribution in [1.29, 1.82) is 0 Å². The Morgan fingerprint density at radius 2 is 1.15 bits per heavy atom. The first-order valence-corrected chi connectivity index (χ1v) is 19.1. The maximum atomic E-state index is 13.9. The van der Waals surface area contributed by atoms with Crippen LogP contribution in [0.3, 0.4) is 0 Å². The third-order valence-corrected chi connectivity index (χ3v) is 9.38. The lowest BCUT2D eigenvalue weighted by Crippen LogP contribution is -2.39. The second-order valence-electron chi connectivity index (χ2n) is 14.0. The summed E-state index contributed by atoms with van der Waals surface area (Å²) in [6, 6.07) is 4.79. The Morgan fingerprint density at radius 1 is 0.700 bits per heavy atom. The van der Waals surface area contributed by atoms with E-state index in [4.69, 9.17) is 33.2 Å². The summed E-state index contributed by atoms with van der Waals surface area (Å²) in [6.07, 6.45) is 1.77. The van der Waals surface area contributed by atoms with E-state index in [-0.39, 0.29) is 91.6 Å². The zero-order chi connectivity index (χ0) is 43.9. The van der Waals surface area contributed by atoms with Crippen LogP contribution < -0.4 is 29.6 Å². The van der Waals surface area contributed by atoms with E-state index in [2.05, 4.69) is 30.4 Å². The number of likely N-dealkylation sites (tertiary alicyclic amines) is 2. The van der Waals surface area contributed by atoms with Gasteiger partial charge in [0.2, 0.25) is 0 Å². The maximum absolute atomic E-state index is 13.9. The number of amides is 4. The zero-order valence-corrected chi connectivity index (χ0v) is 34.3. The second kappa shape index (κ2) is 21.9. The number of nitrogens with one attached hydrogen (secondary N) is 2. The molecule has 0 radical (unpaired) electrons. The van der Waals surface area contributed by atoms with Crippen molar-refractivity contribution < 1.29 is 67.0 Å². The van der Waals surface area contributed by atoms with E-state index in [1.54, 1.807) is 0 Å². The predicted molar refractivity (Wildman–Crippen MR) is 218 cm³/mol. The summed E-state index contributed by atoms with van der Waals surface area (Å²) in [5.41, 5.74) is 1.74. The van der Waals surface area contributed by atoms with Gasteiger partial charge in [0.1, 0.15) is 19.8 Å². The van der Waals surface area contributed by atoms with Gasteiger partial charge in [-0.1, -0.05) is 37.0 Å². The fourth-order valence-electron chi connectivity index (χ4n) is 6.63. The Kier molecular flexibility index (Phi) is 16.8. The Hall–Kier alpha value is -6.72. The van der Waals surface area contributed by atoms with Gasteiger partial charge in [-0.15, -0.1) is 0 Å². The molecule has 4 rings (SSSR count). The van der Waals surface area contributed by atoms with Gasteiger partial charge in [-0.2, -0.15) is 0 Å². The molecule has 0 aromatic heterocycles. The third kappa shape index (κ3) is 12.6. The Bertz CT molecular complexity index is 1980. The van der Waals surface area contributed by atoms with Gasteiger partial charge in [0, 0.05) is 39.1 Å². The van der Waals surface area contributed by atoms with Crippen LogP contribution in [0.25, 0.3) is 0 Å². The van der Waals surface area contributed by atoms with Crippen molar-refractivity contribution >= 4 is 47.3 Å². The van der Waals surface area contributed by atoms with Gasteiger partial charge in [0.05, 0.1) is 62.0 Å². The minimum atomic E-state index is -1.39. The van der Waals surface area contributed by atoms with E-state index in [0.29, 0.717) is 32.1 Å². The topological polar surface area (TPSA) is 218 Å². The molecule has 2 aromatic carbocycles. The highest BCUT2D eigenvalue weighted by Gasteiger charge is 2.36. The Morgan fingerprint density at radius 3 is 1.55 bits per heavy atom. The molecule has 18 nitrogen and oxygen atoms in total. The first kappa shape index (κ1) is 46.0. The summed E-state index contributed by atoms with van der Waals surface area (Å²) in [6.45, 7) is 14.8. The maximum Gasteiger partial charge on any atom is 0.411 e. The molecule has 0 saturated carbocycles. The van der Waals surface area contributed by atoms with Crippen LogP contribution in [-0.2, 0) is 23.8 Å². The Labute approximate surface area is 348 Å². The minimum absolute atomic E-state index is 0.0161. The number of benzene rings is 2. The number of carbonyl (C=O) groups is 6. The van der Waals surface area contributed by atoms with Crippen LogP contribution in [0, 0.1) is 0 Å². The van der Waals surface area contributed by atoms with Gasteiger partial charge >= 0.3 is 24.1 Å². The fourth-order valence-corrected chi connectivity index (χ4v) is 6.63. The van der Waals surface area contributed by atoms with Crippen molar-refractivity contribution in [3.05, 3.63) is 72.4 Å². The van der Waals surface area contributed by atoms with Crippen LogP contribution in [0.1, 0.15) is 66.7 Å². The molecule has 4 amide bonds. The average molecular weight is 837 g/mol. The Balaban J connectivity index is 1.42. The van der Waals surface area contributed by atoms with Crippen LogP contribution in [0.2, 0.25) is 0 Å². The van der Waals surface area contributed by atoms with E-state index in [1.807, 2.05) is 0 Å². The van der Waals surface area contributed by atoms with Gasteiger partial charge in [0.25, 0.3) is 11.8 Å². The molecule has 2 aliphatic heterocycles. The van der Waals surface area contributed by atoms with Gasteiger partial charge in [-0.05, 0) is 44.2 Å². The highest BCUT2D eigenvalue weighted by Crippen LogP contribution is 2.38. The highest BCUT2D eigenvalue weighted by atomic mass is 16.6. The van der Waals surface area contributed by atoms with Crippen LogP contribution in [0.15, 0.2) is 61.2 Å². The predicted octanol–water partition coefficient (Wildman–Crippen LogP) is 5.82. The van der Waals surface area contributed by atoms with Gasteiger partial charge in [-0.3, -0.25) is 29.8 Å². The molecule has 2 atom stereocenters. The largest absolute Gasteiger partial charge is 0.493 e. The number of rotatable bonds is 20. The van der Waals surface area contributed by atoms with Crippen LogP contribution >= 0.6 is 0 Å². The summed E-state index contributed by atoms with van der Waals surface area (Å²) in [4.78, 5) is 78.0. The molecule has 2 fully saturated rings. The number of carbonyl (C=O) groups excluding carboxylic acids is 5. The second-order valence-corrected chi connectivity index (χ2v) is 14.0. The quantitative estimate of drug-likeness (QED) is 0.0620. The molecule has 2 aliphatic rings. The molecule has 2 heterocycles. The zero-order valence-electron chi connectivity index (χ0n) is 34.3. The van der Waals surface area contributed by atoms with Crippen LogP contribution in [0.4, 0.5) is 21.0 Å². The molecule has 324 valence electrons. The van der Waals surface area contributed by atoms with Gasteiger partial charge in [-0.25, -0.2) is 9.59 Å². The number of nitrogens with zero attached hydrogens (tertiary/aromatic N) is 2. The molecule has 3 N–H and O–H groups in total. The number of esters is 2. The highest BCUT2D eigenvalue weighted by molar-refractivity contribution is 6.05. The molecule has 60 heavy (non-hydrogen) atoms. The summed E-state index contributed by atoms with van der Waals surface area (Å²) >= 11 is 0. The lowest BCUT2D eigenvalue weighted by molar-refractivity contribution is -0.143. The molecular formula is C42H52N4O14. The summed E-state index contributed by atoms with van der Waals surface area (Å²) in [5, 5.41) is 14.4. The lowest BCUT2D eigenvalue weighted by Gasteiger charge is -2.25. The van der Waals surface area contributed by atoms with Gasteiger partial charge < -0.3 is 48.1 Å². The molecule has 0 aliphatic carbocycles. The molecule has 2 saturated heterocycles. The van der Waals surface area contributed by atoms with E-state index in [1.165, 1.54) is 68.2 Å². The third-order valence-electron chi connectivity index (χ3n) is 9.38. The number of unbranched alkanes of at least 4 members (excludes halogenated alkanes) is 2. The smallest absolute Gasteiger partial charge is 0.411 e. The number of anilines is 2. The van der Waals surface area contributed by atoms with E-state index in [0.717, 1.165) is 11.1 Å².